The SMILES string of the molecule is FC(F)(F)COc1ccc(NC2CCCCCCC2)cc1. The van der Waals surface area contributed by atoms with E-state index in [-0.39, 0.29) is 5.75 Å². The van der Waals surface area contributed by atoms with Gasteiger partial charge in [-0.25, -0.2) is 0 Å². The third-order valence-electron chi connectivity index (χ3n) is 3.73. The number of anilines is 1. The van der Waals surface area contributed by atoms with Crippen molar-refractivity contribution < 1.29 is 17.9 Å². The summed E-state index contributed by atoms with van der Waals surface area (Å²) in [6, 6.07) is 7.19. The van der Waals surface area contributed by atoms with Gasteiger partial charge in [-0.3, -0.25) is 0 Å². The Morgan fingerprint density at radius 1 is 0.952 bits per heavy atom. The number of halogens is 3. The molecule has 5 heteroatoms. The van der Waals surface area contributed by atoms with Gasteiger partial charge in [0.15, 0.2) is 6.61 Å². The summed E-state index contributed by atoms with van der Waals surface area (Å²) in [7, 11) is 0. The molecule has 0 spiro atoms. The number of ether oxygens (including phenoxy) is 1. The maximum atomic E-state index is 12.1. The molecule has 0 atom stereocenters. The first-order valence-electron chi connectivity index (χ1n) is 7.59. The van der Waals surface area contributed by atoms with E-state index in [2.05, 4.69) is 5.32 Å². The van der Waals surface area contributed by atoms with Crippen molar-refractivity contribution in [3.05, 3.63) is 24.3 Å². The van der Waals surface area contributed by atoms with Gasteiger partial charge in [-0.15, -0.1) is 0 Å². The predicted octanol–water partition coefficient (Wildman–Crippen LogP) is 5.15. The van der Waals surface area contributed by atoms with Crippen LogP contribution in [0.3, 0.4) is 0 Å². The molecule has 0 radical (unpaired) electrons. The second-order valence-corrected chi connectivity index (χ2v) is 5.61. The molecule has 1 aliphatic carbocycles. The summed E-state index contributed by atoms with van der Waals surface area (Å²) in [5, 5.41) is 3.47. The van der Waals surface area contributed by atoms with Crippen LogP contribution in [0.2, 0.25) is 0 Å². The molecular formula is C16H22F3NO. The molecule has 1 fully saturated rings. The lowest BCUT2D eigenvalue weighted by molar-refractivity contribution is -0.153. The van der Waals surface area contributed by atoms with Crippen molar-refractivity contribution in [3.63, 3.8) is 0 Å². The van der Waals surface area contributed by atoms with E-state index in [9.17, 15) is 13.2 Å². The molecule has 1 aromatic carbocycles. The fourth-order valence-corrected chi connectivity index (χ4v) is 2.65. The van der Waals surface area contributed by atoms with Crippen LogP contribution in [0, 0.1) is 0 Å². The van der Waals surface area contributed by atoms with Gasteiger partial charge in [0.05, 0.1) is 0 Å². The fourth-order valence-electron chi connectivity index (χ4n) is 2.65. The smallest absolute Gasteiger partial charge is 0.422 e. The van der Waals surface area contributed by atoms with Crippen molar-refractivity contribution >= 4 is 5.69 Å². The van der Waals surface area contributed by atoms with Crippen molar-refractivity contribution in [2.24, 2.45) is 0 Å². The molecule has 21 heavy (non-hydrogen) atoms. The maximum absolute atomic E-state index is 12.1. The minimum atomic E-state index is -4.30. The number of alkyl halides is 3. The van der Waals surface area contributed by atoms with Gasteiger partial charge in [0.25, 0.3) is 0 Å². The summed E-state index contributed by atoms with van der Waals surface area (Å²) >= 11 is 0. The Bertz CT molecular complexity index is 409. The molecule has 1 aliphatic rings. The van der Waals surface area contributed by atoms with Gasteiger partial charge in [0.1, 0.15) is 5.75 Å². The number of benzene rings is 1. The van der Waals surface area contributed by atoms with Gasteiger partial charge in [0, 0.05) is 11.7 Å². The van der Waals surface area contributed by atoms with Crippen LogP contribution in [0.1, 0.15) is 44.9 Å². The van der Waals surface area contributed by atoms with Crippen LogP contribution >= 0.6 is 0 Å². The molecule has 2 rings (SSSR count). The van der Waals surface area contributed by atoms with E-state index in [0.717, 1.165) is 18.5 Å². The second-order valence-electron chi connectivity index (χ2n) is 5.61. The summed E-state index contributed by atoms with van der Waals surface area (Å²) in [5.41, 5.74) is 0.944. The Labute approximate surface area is 123 Å². The molecule has 1 N–H and O–H groups in total. The zero-order valence-corrected chi connectivity index (χ0v) is 12.1. The molecular weight excluding hydrogens is 279 g/mol. The van der Waals surface area contributed by atoms with Gasteiger partial charge in [-0.05, 0) is 37.1 Å². The van der Waals surface area contributed by atoms with Crippen molar-refractivity contribution in [1.29, 1.82) is 0 Å². The van der Waals surface area contributed by atoms with Crippen molar-refractivity contribution in [3.8, 4) is 5.75 Å². The Morgan fingerprint density at radius 3 is 2.10 bits per heavy atom. The second kappa shape index (κ2) is 7.57. The van der Waals surface area contributed by atoms with E-state index >= 15 is 0 Å². The first-order chi connectivity index (χ1) is 10.0. The zero-order chi connectivity index (χ0) is 15.1. The molecule has 0 bridgehead atoms. The molecule has 1 aromatic rings. The highest BCUT2D eigenvalue weighted by Crippen LogP contribution is 2.23. The number of nitrogens with one attached hydrogen (secondary N) is 1. The fraction of sp³-hybridized carbons (Fsp3) is 0.625. The minimum Gasteiger partial charge on any atom is -0.484 e. The van der Waals surface area contributed by atoms with Gasteiger partial charge in [-0.2, -0.15) is 13.2 Å². The Kier molecular flexibility index (Phi) is 5.76. The van der Waals surface area contributed by atoms with E-state index in [0.29, 0.717) is 6.04 Å². The Hall–Kier alpha value is -1.39. The summed E-state index contributed by atoms with van der Waals surface area (Å²) in [6.45, 7) is -1.25. The van der Waals surface area contributed by atoms with Crippen LogP contribution in [0.5, 0.6) is 5.75 Å². The highest BCUT2D eigenvalue weighted by molar-refractivity contribution is 5.47. The van der Waals surface area contributed by atoms with Gasteiger partial charge >= 0.3 is 6.18 Å². The summed E-state index contributed by atoms with van der Waals surface area (Å²) in [4.78, 5) is 0. The zero-order valence-electron chi connectivity index (χ0n) is 12.1. The summed E-state index contributed by atoms with van der Waals surface area (Å²) in [6.07, 6.45) is 4.42. The maximum Gasteiger partial charge on any atom is 0.422 e. The third-order valence-corrected chi connectivity index (χ3v) is 3.73. The van der Waals surface area contributed by atoms with Crippen molar-refractivity contribution in [1.82, 2.24) is 0 Å². The van der Waals surface area contributed by atoms with Crippen LogP contribution in [-0.4, -0.2) is 18.8 Å². The summed E-state index contributed by atoms with van der Waals surface area (Å²) < 4.78 is 40.9. The van der Waals surface area contributed by atoms with Crippen LogP contribution < -0.4 is 10.1 Å². The average Bonchev–Trinajstić information content (AvgIpc) is 2.40. The molecule has 1 saturated carbocycles. The molecule has 0 unspecified atom stereocenters. The standard InChI is InChI=1S/C16H22F3NO/c17-16(18,19)12-21-15-10-8-14(9-11-15)20-13-6-4-2-1-3-5-7-13/h8-11,13,20H,1-7,12H2. The van der Waals surface area contributed by atoms with Crippen LogP contribution in [0.25, 0.3) is 0 Å². The molecule has 0 heterocycles. The number of hydrogen-bond donors (Lipinski definition) is 1. The summed E-state index contributed by atoms with van der Waals surface area (Å²) in [5.74, 6) is 0.246. The monoisotopic (exact) mass is 301 g/mol. The molecule has 2 nitrogen and oxygen atoms in total. The van der Waals surface area contributed by atoms with E-state index in [1.54, 1.807) is 24.3 Å². The van der Waals surface area contributed by atoms with Crippen molar-refractivity contribution in [2.75, 3.05) is 11.9 Å². The molecule has 0 aromatic heterocycles. The molecule has 0 aliphatic heterocycles. The highest BCUT2D eigenvalue weighted by Gasteiger charge is 2.28. The largest absolute Gasteiger partial charge is 0.484 e. The van der Waals surface area contributed by atoms with Crippen LogP contribution in [0.15, 0.2) is 24.3 Å². The van der Waals surface area contributed by atoms with Gasteiger partial charge < -0.3 is 10.1 Å². The normalized spacial score (nSPS) is 17.9. The lowest BCUT2D eigenvalue weighted by Crippen LogP contribution is -2.20. The quantitative estimate of drug-likeness (QED) is 0.830. The van der Waals surface area contributed by atoms with E-state index in [1.165, 1.54) is 32.1 Å². The third kappa shape index (κ3) is 6.27. The molecule has 0 saturated heterocycles. The van der Waals surface area contributed by atoms with E-state index < -0.39 is 12.8 Å². The lowest BCUT2D eigenvalue weighted by atomic mass is 9.96. The average molecular weight is 301 g/mol. The predicted molar refractivity (Wildman–Crippen MR) is 77.7 cm³/mol. The van der Waals surface area contributed by atoms with Gasteiger partial charge in [0.2, 0.25) is 0 Å². The minimum absolute atomic E-state index is 0.246. The highest BCUT2D eigenvalue weighted by atomic mass is 19.4. The topological polar surface area (TPSA) is 21.3 Å². The first kappa shape index (κ1) is 16.0. The molecule has 0 amide bonds. The number of hydrogen-bond acceptors (Lipinski definition) is 2. The Morgan fingerprint density at radius 2 is 1.52 bits per heavy atom. The lowest BCUT2D eigenvalue weighted by Gasteiger charge is -2.22. The van der Waals surface area contributed by atoms with Gasteiger partial charge in [-0.1, -0.05) is 32.1 Å². The van der Waals surface area contributed by atoms with E-state index in [4.69, 9.17) is 4.74 Å². The van der Waals surface area contributed by atoms with Crippen LogP contribution in [-0.2, 0) is 0 Å². The molecule has 118 valence electrons. The van der Waals surface area contributed by atoms with Crippen molar-refractivity contribution in [2.45, 2.75) is 57.2 Å². The first-order valence-corrected chi connectivity index (χ1v) is 7.59. The van der Waals surface area contributed by atoms with E-state index in [1.807, 2.05) is 0 Å². The number of rotatable bonds is 4. The Balaban J connectivity index is 1.83. The van der Waals surface area contributed by atoms with Crippen LogP contribution in [0.4, 0.5) is 18.9 Å².